The number of hydrogen-bond donors (Lipinski definition) is 1. The van der Waals surface area contributed by atoms with E-state index in [4.69, 9.17) is 0 Å². The Morgan fingerprint density at radius 1 is 1.20 bits per heavy atom. The maximum absolute atomic E-state index is 9.95. The summed E-state index contributed by atoms with van der Waals surface area (Å²) in [5.41, 5.74) is 1.97. The zero-order valence-electron chi connectivity index (χ0n) is 11.1. The molecule has 2 aromatic carbocycles. The van der Waals surface area contributed by atoms with Gasteiger partial charge in [0.25, 0.3) is 0 Å². The fraction of sp³-hybridized carbons (Fsp3) is 0.188. The number of rotatable bonds is 4. The number of aliphatic imine (C=N–C) groups is 1. The molecule has 0 unspecified atom stereocenters. The molecule has 2 rings (SSSR count). The van der Waals surface area contributed by atoms with Crippen LogP contribution in [0.25, 0.3) is 0 Å². The Kier molecular flexibility index (Phi) is 5.38. The molecule has 0 radical (unpaired) electrons. The molecule has 20 heavy (non-hydrogen) atoms. The molecule has 104 valence electrons. The summed E-state index contributed by atoms with van der Waals surface area (Å²) < 4.78 is 1.56. The van der Waals surface area contributed by atoms with Gasteiger partial charge in [0.1, 0.15) is 5.75 Å². The van der Waals surface area contributed by atoms with Crippen molar-refractivity contribution >= 4 is 38.1 Å². The van der Waals surface area contributed by atoms with Crippen LogP contribution in [-0.4, -0.2) is 17.9 Å². The van der Waals surface area contributed by atoms with Gasteiger partial charge in [-0.3, -0.25) is 4.99 Å². The Balaban J connectivity index is 2.07. The molecule has 0 fully saturated rings. The van der Waals surface area contributed by atoms with Crippen molar-refractivity contribution in [2.24, 2.45) is 4.99 Å². The second-order valence-electron chi connectivity index (χ2n) is 4.63. The van der Waals surface area contributed by atoms with Crippen LogP contribution < -0.4 is 0 Å². The van der Waals surface area contributed by atoms with E-state index in [2.05, 4.69) is 55.9 Å². The van der Waals surface area contributed by atoms with Crippen molar-refractivity contribution < 1.29 is 5.11 Å². The second kappa shape index (κ2) is 7.04. The van der Waals surface area contributed by atoms with Crippen molar-refractivity contribution in [3.8, 4) is 5.75 Å². The molecular formula is C16H15Br2NO. The van der Waals surface area contributed by atoms with E-state index < -0.39 is 0 Å². The molecule has 0 aromatic heterocycles. The lowest BCUT2D eigenvalue weighted by atomic mass is 10.0. The predicted octanol–water partition coefficient (Wildman–Crippen LogP) is 5.14. The molecule has 0 heterocycles. The van der Waals surface area contributed by atoms with E-state index in [1.807, 2.05) is 24.3 Å². The van der Waals surface area contributed by atoms with Crippen molar-refractivity contribution in [3.63, 3.8) is 0 Å². The minimum atomic E-state index is 0.212. The number of halogens is 2. The van der Waals surface area contributed by atoms with Crippen LogP contribution in [0.3, 0.4) is 0 Å². The molecule has 0 saturated carbocycles. The standard InChI is InChI=1S/C16H15Br2NO/c1-11(12-5-3-2-4-6-12)9-19-10-13-7-14(17)8-15(18)16(13)20/h2-8,10-11,20H,9H2,1H3/t11-/m0/s1. The minimum Gasteiger partial charge on any atom is -0.506 e. The summed E-state index contributed by atoms with van der Waals surface area (Å²) >= 11 is 6.71. The third kappa shape index (κ3) is 3.93. The van der Waals surface area contributed by atoms with Crippen molar-refractivity contribution in [1.29, 1.82) is 0 Å². The largest absolute Gasteiger partial charge is 0.506 e. The van der Waals surface area contributed by atoms with Gasteiger partial charge in [-0.05, 0) is 33.6 Å². The quantitative estimate of drug-likeness (QED) is 0.713. The van der Waals surface area contributed by atoms with Gasteiger partial charge in [-0.1, -0.05) is 53.2 Å². The summed E-state index contributed by atoms with van der Waals surface area (Å²) in [5, 5.41) is 9.95. The SMILES string of the molecule is C[C@@H](CN=Cc1cc(Br)cc(Br)c1O)c1ccccc1. The van der Waals surface area contributed by atoms with Gasteiger partial charge in [0.2, 0.25) is 0 Å². The number of hydrogen-bond acceptors (Lipinski definition) is 2. The fourth-order valence-electron chi connectivity index (χ4n) is 1.88. The molecule has 0 amide bonds. The molecule has 1 atom stereocenters. The summed E-state index contributed by atoms with van der Waals surface area (Å²) in [4.78, 5) is 4.43. The van der Waals surface area contributed by atoms with Crippen LogP contribution in [-0.2, 0) is 0 Å². The maximum Gasteiger partial charge on any atom is 0.138 e. The van der Waals surface area contributed by atoms with Crippen molar-refractivity contribution in [2.75, 3.05) is 6.54 Å². The first-order valence-electron chi connectivity index (χ1n) is 6.30. The third-order valence-corrected chi connectivity index (χ3v) is 4.10. The Labute approximate surface area is 135 Å². The molecule has 2 aromatic rings. The van der Waals surface area contributed by atoms with Crippen LogP contribution in [0.2, 0.25) is 0 Å². The van der Waals surface area contributed by atoms with Gasteiger partial charge in [-0.2, -0.15) is 0 Å². The van der Waals surface area contributed by atoms with Gasteiger partial charge in [-0.15, -0.1) is 0 Å². The van der Waals surface area contributed by atoms with Gasteiger partial charge in [-0.25, -0.2) is 0 Å². The molecule has 0 aliphatic carbocycles. The number of benzene rings is 2. The van der Waals surface area contributed by atoms with E-state index in [-0.39, 0.29) is 5.75 Å². The van der Waals surface area contributed by atoms with Crippen LogP contribution in [0, 0.1) is 0 Å². The predicted molar refractivity (Wildman–Crippen MR) is 90.8 cm³/mol. The highest BCUT2D eigenvalue weighted by atomic mass is 79.9. The van der Waals surface area contributed by atoms with E-state index in [9.17, 15) is 5.11 Å². The lowest BCUT2D eigenvalue weighted by Crippen LogP contribution is -1.98. The van der Waals surface area contributed by atoms with E-state index in [1.54, 1.807) is 12.3 Å². The molecule has 2 nitrogen and oxygen atoms in total. The molecular weight excluding hydrogens is 382 g/mol. The third-order valence-electron chi connectivity index (χ3n) is 3.04. The first-order chi connectivity index (χ1) is 9.58. The van der Waals surface area contributed by atoms with Crippen LogP contribution >= 0.6 is 31.9 Å². The molecule has 0 saturated heterocycles. The van der Waals surface area contributed by atoms with Gasteiger partial charge in [0.15, 0.2) is 0 Å². The van der Waals surface area contributed by atoms with Gasteiger partial charge < -0.3 is 5.11 Å². The summed E-state index contributed by atoms with van der Waals surface area (Å²) in [7, 11) is 0. The Hall–Kier alpha value is -1.13. The summed E-state index contributed by atoms with van der Waals surface area (Å²) in [6, 6.07) is 13.9. The van der Waals surface area contributed by atoms with Gasteiger partial charge >= 0.3 is 0 Å². The highest BCUT2D eigenvalue weighted by molar-refractivity contribution is 9.11. The molecule has 0 aliphatic rings. The lowest BCUT2D eigenvalue weighted by molar-refractivity contribution is 0.471. The Morgan fingerprint density at radius 2 is 1.90 bits per heavy atom. The number of aromatic hydroxyl groups is 1. The number of nitrogens with zero attached hydrogens (tertiary/aromatic N) is 1. The lowest BCUT2D eigenvalue weighted by Gasteiger charge is -2.08. The average Bonchev–Trinajstić information content (AvgIpc) is 2.44. The second-order valence-corrected chi connectivity index (χ2v) is 6.40. The van der Waals surface area contributed by atoms with E-state index in [0.717, 1.165) is 4.47 Å². The fourth-order valence-corrected chi connectivity index (χ4v) is 3.14. The van der Waals surface area contributed by atoms with E-state index in [1.165, 1.54) is 5.56 Å². The van der Waals surface area contributed by atoms with E-state index >= 15 is 0 Å². The maximum atomic E-state index is 9.95. The van der Waals surface area contributed by atoms with Crippen molar-refractivity contribution in [1.82, 2.24) is 0 Å². The first-order valence-corrected chi connectivity index (χ1v) is 7.89. The topological polar surface area (TPSA) is 32.6 Å². The van der Waals surface area contributed by atoms with Crippen molar-refractivity contribution in [3.05, 3.63) is 62.5 Å². The Bertz CT molecular complexity index is 611. The normalized spacial score (nSPS) is 12.8. The summed E-state index contributed by atoms with van der Waals surface area (Å²) in [6.45, 7) is 2.83. The number of phenolic OH excluding ortho intramolecular Hbond substituents is 1. The van der Waals surface area contributed by atoms with Crippen LogP contribution in [0.1, 0.15) is 24.0 Å². The van der Waals surface area contributed by atoms with Gasteiger partial charge in [0.05, 0.1) is 4.47 Å². The van der Waals surface area contributed by atoms with Gasteiger partial charge in [0, 0.05) is 28.7 Å². The van der Waals surface area contributed by atoms with Crippen LogP contribution in [0.5, 0.6) is 5.75 Å². The number of phenols is 1. The minimum absolute atomic E-state index is 0.212. The zero-order chi connectivity index (χ0) is 14.5. The van der Waals surface area contributed by atoms with E-state index in [0.29, 0.717) is 22.5 Å². The highest BCUT2D eigenvalue weighted by Gasteiger charge is 2.06. The van der Waals surface area contributed by atoms with Crippen molar-refractivity contribution in [2.45, 2.75) is 12.8 Å². The highest BCUT2D eigenvalue weighted by Crippen LogP contribution is 2.30. The Morgan fingerprint density at radius 3 is 2.60 bits per heavy atom. The smallest absolute Gasteiger partial charge is 0.138 e. The average molecular weight is 397 g/mol. The summed E-state index contributed by atoms with van der Waals surface area (Å²) in [5.74, 6) is 0.564. The molecule has 0 bridgehead atoms. The molecule has 0 aliphatic heterocycles. The van der Waals surface area contributed by atoms with Crippen LogP contribution in [0.4, 0.5) is 0 Å². The monoisotopic (exact) mass is 395 g/mol. The summed E-state index contributed by atoms with van der Waals surface area (Å²) in [6.07, 6.45) is 1.71. The van der Waals surface area contributed by atoms with Crippen LogP contribution in [0.15, 0.2) is 56.4 Å². The molecule has 1 N–H and O–H groups in total. The zero-order valence-corrected chi connectivity index (χ0v) is 14.2. The molecule has 0 spiro atoms. The first kappa shape index (κ1) is 15.3. The molecule has 4 heteroatoms.